The summed E-state index contributed by atoms with van der Waals surface area (Å²) in [6.07, 6.45) is 5.41. The Bertz CT molecular complexity index is 980. The Labute approximate surface area is 143 Å². The molecule has 1 aliphatic rings. The molecule has 0 atom stereocenters. The van der Waals surface area contributed by atoms with Crippen molar-refractivity contribution < 1.29 is 4.79 Å². The number of halogens is 1. The predicted octanol–water partition coefficient (Wildman–Crippen LogP) is 3.09. The molecule has 2 aromatic carbocycles. The number of amides is 1. The van der Waals surface area contributed by atoms with Gasteiger partial charge in [0.25, 0.3) is 5.91 Å². The first-order valence-electron chi connectivity index (χ1n) is 7.69. The normalized spacial score (nSPS) is 13.1. The summed E-state index contributed by atoms with van der Waals surface area (Å²) in [4.78, 5) is 12.1. The summed E-state index contributed by atoms with van der Waals surface area (Å²) in [6.45, 7) is 0. The molecule has 1 heterocycles. The number of aryl methyl sites for hydroxylation is 3. The molecular weight excluding hydrogens is 324 g/mol. The fourth-order valence-corrected chi connectivity index (χ4v) is 3.47. The maximum atomic E-state index is 12.1. The number of hydrogen-bond donors (Lipinski definition) is 1. The molecule has 1 aliphatic carbocycles. The molecule has 6 heteroatoms. The molecule has 1 aromatic heterocycles. The number of rotatable bonds is 3. The molecule has 120 valence electrons. The summed E-state index contributed by atoms with van der Waals surface area (Å²) in [6, 6.07) is 10.5. The number of carbonyl (C=O) groups is 1. The standard InChI is InChI=1S/C18H15ClN4O/c1-23-10-15(19)17(22-23)18(24)21-20-9-13-8-7-12-6-5-11-3-2-4-14(13)16(11)12/h2-4,7-10H,5-6H2,1H3,(H,21,24)/b20-9-. The monoisotopic (exact) mass is 338 g/mol. The molecule has 0 saturated heterocycles. The quantitative estimate of drug-likeness (QED) is 0.589. The van der Waals surface area contributed by atoms with Crippen LogP contribution in [0.1, 0.15) is 27.2 Å². The zero-order chi connectivity index (χ0) is 16.7. The highest BCUT2D eigenvalue weighted by Gasteiger charge is 2.16. The van der Waals surface area contributed by atoms with E-state index in [1.165, 1.54) is 21.2 Å². The topological polar surface area (TPSA) is 59.3 Å². The van der Waals surface area contributed by atoms with Gasteiger partial charge < -0.3 is 0 Å². The van der Waals surface area contributed by atoms with E-state index in [4.69, 9.17) is 11.6 Å². The number of aromatic nitrogens is 2. The van der Waals surface area contributed by atoms with Crippen LogP contribution >= 0.6 is 11.6 Å². The van der Waals surface area contributed by atoms with Crippen LogP contribution in [0.2, 0.25) is 5.02 Å². The van der Waals surface area contributed by atoms with E-state index >= 15 is 0 Å². The molecule has 0 radical (unpaired) electrons. The largest absolute Gasteiger partial charge is 0.293 e. The fourth-order valence-electron chi connectivity index (χ4n) is 3.21. The Balaban J connectivity index is 1.60. The van der Waals surface area contributed by atoms with E-state index in [0.717, 1.165) is 23.8 Å². The third kappa shape index (κ3) is 2.47. The fraction of sp³-hybridized carbons (Fsp3) is 0.167. The predicted molar refractivity (Wildman–Crippen MR) is 94.6 cm³/mol. The Morgan fingerprint density at radius 3 is 2.83 bits per heavy atom. The molecule has 1 N–H and O–H groups in total. The minimum absolute atomic E-state index is 0.164. The first-order valence-corrected chi connectivity index (χ1v) is 8.07. The zero-order valence-electron chi connectivity index (χ0n) is 13.1. The smallest absolute Gasteiger partial charge is 0.273 e. The molecule has 4 rings (SSSR count). The Kier molecular flexibility index (Phi) is 3.58. The second kappa shape index (κ2) is 5.76. The van der Waals surface area contributed by atoms with Crippen LogP contribution in [-0.2, 0) is 19.9 Å². The molecular formula is C18H15ClN4O. The van der Waals surface area contributed by atoms with Crippen LogP contribution in [-0.4, -0.2) is 21.9 Å². The second-order valence-electron chi connectivity index (χ2n) is 5.85. The Morgan fingerprint density at radius 2 is 2.08 bits per heavy atom. The van der Waals surface area contributed by atoms with E-state index in [1.807, 2.05) is 6.07 Å². The summed E-state index contributed by atoms with van der Waals surface area (Å²) in [7, 11) is 1.71. The third-order valence-electron chi connectivity index (χ3n) is 4.28. The maximum Gasteiger partial charge on any atom is 0.293 e. The van der Waals surface area contributed by atoms with Crippen molar-refractivity contribution in [2.75, 3.05) is 0 Å². The molecule has 24 heavy (non-hydrogen) atoms. The van der Waals surface area contributed by atoms with Crippen molar-refractivity contribution in [2.45, 2.75) is 12.8 Å². The average molecular weight is 339 g/mol. The minimum atomic E-state index is -0.428. The van der Waals surface area contributed by atoms with Gasteiger partial charge in [0.15, 0.2) is 5.69 Å². The SMILES string of the molecule is Cn1cc(Cl)c(C(=O)N/N=C\c2ccc3c4c(cccc24)CC3)n1. The van der Waals surface area contributed by atoms with Crippen molar-refractivity contribution in [1.82, 2.24) is 15.2 Å². The van der Waals surface area contributed by atoms with Gasteiger partial charge in [-0.05, 0) is 34.7 Å². The lowest BCUT2D eigenvalue weighted by Crippen LogP contribution is -2.18. The minimum Gasteiger partial charge on any atom is -0.273 e. The number of hydrazone groups is 1. The van der Waals surface area contributed by atoms with Gasteiger partial charge in [0, 0.05) is 18.8 Å². The molecule has 0 bridgehead atoms. The van der Waals surface area contributed by atoms with Gasteiger partial charge in [0.1, 0.15) is 0 Å². The number of nitrogens with zero attached hydrogens (tertiary/aromatic N) is 3. The summed E-state index contributed by atoms with van der Waals surface area (Å²) < 4.78 is 1.49. The van der Waals surface area contributed by atoms with Gasteiger partial charge in [-0.15, -0.1) is 0 Å². The summed E-state index contributed by atoms with van der Waals surface area (Å²) in [5.41, 5.74) is 6.38. The van der Waals surface area contributed by atoms with Crippen LogP contribution in [0.4, 0.5) is 0 Å². The van der Waals surface area contributed by atoms with E-state index in [-0.39, 0.29) is 5.69 Å². The van der Waals surface area contributed by atoms with E-state index in [0.29, 0.717) is 5.02 Å². The van der Waals surface area contributed by atoms with Gasteiger partial charge in [0.2, 0.25) is 0 Å². The first kappa shape index (κ1) is 14.9. The van der Waals surface area contributed by atoms with Gasteiger partial charge >= 0.3 is 0 Å². The van der Waals surface area contributed by atoms with Crippen LogP contribution in [0.25, 0.3) is 10.8 Å². The van der Waals surface area contributed by atoms with E-state index < -0.39 is 5.91 Å². The molecule has 1 amide bonds. The van der Waals surface area contributed by atoms with E-state index in [1.54, 1.807) is 19.5 Å². The van der Waals surface area contributed by atoms with Gasteiger partial charge in [-0.3, -0.25) is 9.48 Å². The van der Waals surface area contributed by atoms with Crippen molar-refractivity contribution in [1.29, 1.82) is 0 Å². The van der Waals surface area contributed by atoms with Crippen molar-refractivity contribution in [3.63, 3.8) is 0 Å². The lowest BCUT2D eigenvalue weighted by atomic mass is 10.0. The van der Waals surface area contributed by atoms with Gasteiger partial charge in [0.05, 0.1) is 11.2 Å². The lowest BCUT2D eigenvalue weighted by Gasteiger charge is -2.05. The first-order chi connectivity index (χ1) is 11.6. The summed E-state index contributed by atoms with van der Waals surface area (Å²) >= 11 is 5.96. The Morgan fingerprint density at radius 1 is 1.29 bits per heavy atom. The van der Waals surface area contributed by atoms with Crippen molar-refractivity contribution in [3.05, 3.63) is 63.9 Å². The zero-order valence-corrected chi connectivity index (χ0v) is 13.8. The second-order valence-corrected chi connectivity index (χ2v) is 6.26. The summed E-state index contributed by atoms with van der Waals surface area (Å²) in [5.74, 6) is -0.428. The highest BCUT2D eigenvalue weighted by atomic mass is 35.5. The maximum absolute atomic E-state index is 12.1. The molecule has 0 unspecified atom stereocenters. The van der Waals surface area contributed by atoms with E-state index in [9.17, 15) is 4.79 Å². The van der Waals surface area contributed by atoms with Gasteiger partial charge in [-0.25, -0.2) is 5.43 Å². The van der Waals surface area contributed by atoms with Crippen molar-refractivity contribution >= 4 is 34.5 Å². The van der Waals surface area contributed by atoms with Crippen molar-refractivity contribution in [2.24, 2.45) is 12.1 Å². The third-order valence-corrected chi connectivity index (χ3v) is 4.56. The summed E-state index contributed by atoms with van der Waals surface area (Å²) in [5, 5.41) is 10.9. The molecule has 0 fully saturated rings. The lowest BCUT2D eigenvalue weighted by molar-refractivity contribution is 0.0949. The van der Waals surface area contributed by atoms with Crippen LogP contribution < -0.4 is 5.43 Å². The number of hydrogen-bond acceptors (Lipinski definition) is 3. The Hall–Kier alpha value is -2.66. The molecule has 5 nitrogen and oxygen atoms in total. The van der Waals surface area contributed by atoms with Crippen LogP contribution in [0.3, 0.4) is 0 Å². The molecule has 3 aromatic rings. The molecule has 0 aliphatic heterocycles. The number of nitrogens with one attached hydrogen (secondary N) is 1. The van der Waals surface area contributed by atoms with Gasteiger partial charge in [-0.1, -0.05) is 41.9 Å². The highest BCUT2D eigenvalue weighted by molar-refractivity contribution is 6.33. The van der Waals surface area contributed by atoms with E-state index in [2.05, 4.69) is 39.9 Å². The van der Waals surface area contributed by atoms with Gasteiger partial charge in [-0.2, -0.15) is 10.2 Å². The van der Waals surface area contributed by atoms with Crippen molar-refractivity contribution in [3.8, 4) is 0 Å². The average Bonchev–Trinajstić information content (AvgIpc) is 3.14. The van der Waals surface area contributed by atoms with Crippen LogP contribution in [0.5, 0.6) is 0 Å². The number of benzene rings is 2. The van der Waals surface area contributed by atoms with Crippen LogP contribution in [0, 0.1) is 0 Å². The molecule has 0 saturated carbocycles. The number of carbonyl (C=O) groups excluding carboxylic acids is 1. The van der Waals surface area contributed by atoms with Crippen LogP contribution in [0.15, 0.2) is 41.6 Å². The molecule has 0 spiro atoms. The highest BCUT2D eigenvalue weighted by Crippen LogP contribution is 2.32.